The van der Waals surface area contributed by atoms with Crippen molar-refractivity contribution in [3.63, 3.8) is 0 Å². The Bertz CT molecular complexity index is 860. The van der Waals surface area contributed by atoms with Crippen molar-refractivity contribution in [2.45, 2.75) is 19.5 Å². The molecular weight excluding hydrogens is 393 g/mol. The number of methoxy groups -OCH3 is 1. The molecule has 0 unspecified atom stereocenters. The smallest absolute Gasteiger partial charge is 0.273 e. The molecule has 0 fully saturated rings. The van der Waals surface area contributed by atoms with E-state index in [0.29, 0.717) is 22.3 Å². The van der Waals surface area contributed by atoms with Gasteiger partial charge in [-0.05, 0) is 37.7 Å². The number of amides is 1. The quantitative estimate of drug-likeness (QED) is 0.539. The van der Waals surface area contributed by atoms with Crippen LogP contribution >= 0.6 is 23.2 Å². The van der Waals surface area contributed by atoms with Crippen molar-refractivity contribution in [1.82, 2.24) is 4.90 Å². The fourth-order valence-corrected chi connectivity index (χ4v) is 2.86. The summed E-state index contributed by atoms with van der Waals surface area (Å²) in [5.41, 5.74) is 1.08. The van der Waals surface area contributed by atoms with Gasteiger partial charge in [0.05, 0.1) is 29.8 Å². The Balaban J connectivity index is 2.09. The zero-order chi connectivity index (χ0) is 20.1. The third-order valence-corrected chi connectivity index (χ3v) is 4.72. The SMILES string of the molecule is COc1cc([N+](=O)[O-])ccc1NC(=O)[C@@H](C)N(C)Cc1ccc(Cl)cc1Cl. The van der Waals surface area contributed by atoms with Crippen LogP contribution in [0.2, 0.25) is 10.0 Å². The summed E-state index contributed by atoms with van der Waals surface area (Å²) in [4.78, 5) is 24.7. The van der Waals surface area contributed by atoms with Crippen LogP contribution in [-0.2, 0) is 11.3 Å². The van der Waals surface area contributed by atoms with E-state index >= 15 is 0 Å². The highest BCUT2D eigenvalue weighted by molar-refractivity contribution is 6.35. The molecule has 2 rings (SSSR count). The van der Waals surface area contributed by atoms with Gasteiger partial charge in [-0.25, -0.2) is 0 Å². The van der Waals surface area contributed by atoms with E-state index in [1.807, 2.05) is 11.0 Å². The van der Waals surface area contributed by atoms with Crippen LogP contribution in [0.15, 0.2) is 36.4 Å². The summed E-state index contributed by atoms with van der Waals surface area (Å²) in [5.74, 6) is -0.0668. The zero-order valence-electron chi connectivity index (χ0n) is 15.0. The molecule has 0 aliphatic carbocycles. The van der Waals surface area contributed by atoms with E-state index in [-0.39, 0.29) is 17.3 Å². The second kappa shape index (κ2) is 9.03. The Morgan fingerprint density at radius 1 is 1.30 bits per heavy atom. The highest BCUT2D eigenvalue weighted by Crippen LogP contribution is 2.29. The number of nitrogens with zero attached hydrogens (tertiary/aromatic N) is 2. The van der Waals surface area contributed by atoms with Crippen molar-refractivity contribution >= 4 is 40.5 Å². The molecule has 0 bridgehead atoms. The molecule has 1 amide bonds. The monoisotopic (exact) mass is 411 g/mol. The van der Waals surface area contributed by atoms with Crippen LogP contribution in [-0.4, -0.2) is 35.9 Å². The summed E-state index contributed by atoms with van der Waals surface area (Å²) < 4.78 is 5.14. The largest absolute Gasteiger partial charge is 0.494 e. The lowest BCUT2D eigenvalue weighted by Gasteiger charge is -2.24. The topological polar surface area (TPSA) is 84.7 Å². The number of likely N-dealkylation sites (N-methyl/N-ethyl adjacent to an activating group) is 1. The van der Waals surface area contributed by atoms with Gasteiger partial charge in [-0.3, -0.25) is 19.8 Å². The maximum Gasteiger partial charge on any atom is 0.273 e. The number of nitrogens with one attached hydrogen (secondary N) is 1. The van der Waals surface area contributed by atoms with Gasteiger partial charge in [-0.15, -0.1) is 0 Å². The summed E-state index contributed by atoms with van der Waals surface area (Å²) in [6.07, 6.45) is 0. The molecule has 1 atom stereocenters. The van der Waals surface area contributed by atoms with Gasteiger partial charge < -0.3 is 10.1 Å². The van der Waals surface area contributed by atoms with Crippen molar-refractivity contribution in [2.24, 2.45) is 0 Å². The van der Waals surface area contributed by atoms with Gasteiger partial charge >= 0.3 is 0 Å². The maximum absolute atomic E-state index is 12.6. The lowest BCUT2D eigenvalue weighted by Crippen LogP contribution is -2.39. The Morgan fingerprint density at radius 2 is 2.00 bits per heavy atom. The van der Waals surface area contributed by atoms with Crippen molar-refractivity contribution < 1.29 is 14.5 Å². The van der Waals surface area contributed by atoms with Crippen LogP contribution < -0.4 is 10.1 Å². The first kappa shape index (κ1) is 21.0. The van der Waals surface area contributed by atoms with Gasteiger partial charge in [0.25, 0.3) is 5.69 Å². The number of nitro groups is 1. The minimum absolute atomic E-state index is 0.118. The first-order chi connectivity index (χ1) is 12.7. The average molecular weight is 412 g/mol. The summed E-state index contributed by atoms with van der Waals surface area (Å²) >= 11 is 12.1. The van der Waals surface area contributed by atoms with Crippen LogP contribution in [0.4, 0.5) is 11.4 Å². The molecule has 1 N–H and O–H groups in total. The first-order valence-electron chi connectivity index (χ1n) is 8.00. The molecule has 0 spiro atoms. The molecule has 7 nitrogen and oxygen atoms in total. The van der Waals surface area contributed by atoms with E-state index in [2.05, 4.69) is 5.32 Å². The van der Waals surface area contributed by atoms with Gasteiger partial charge in [0.1, 0.15) is 5.75 Å². The molecular formula is C18H19Cl2N3O4. The number of carbonyl (C=O) groups is 1. The first-order valence-corrected chi connectivity index (χ1v) is 8.76. The third kappa shape index (κ3) is 5.32. The summed E-state index contributed by atoms with van der Waals surface area (Å²) in [6.45, 7) is 2.19. The number of carbonyl (C=O) groups excluding carboxylic acids is 1. The molecule has 144 valence electrons. The van der Waals surface area contributed by atoms with E-state index in [0.717, 1.165) is 5.56 Å². The highest BCUT2D eigenvalue weighted by atomic mass is 35.5. The van der Waals surface area contributed by atoms with Crippen LogP contribution in [0.1, 0.15) is 12.5 Å². The fourth-order valence-electron chi connectivity index (χ4n) is 2.39. The highest BCUT2D eigenvalue weighted by Gasteiger charge is 2.21. The van der Waals surface area contributed by atoms with Gasteiger partial charge in [0.2, 0.25) is 5.91 Å². The molecule has 0 aliphatic heterocycles. The van der Waals surface area contributed by atoms with Crippen molar-refractivity contribution in [3.8, 4) is 5.75 Å². The van der Waals surface area contributed by atoms with E-state index in [1.165, 1.54) is 25.3 Å². The number of non-ortho nitro benzene ring substituents is 1. The predicted molar refractivity (Wildman–Crippen MR) is 106 cm³/mol. The van der Waals surface area contributed by atoms with Gasteiger partial charge in [-0.2, -0.15) is 0 Å². The number of hydrogen-bond donors (Lipinski definition) is 1. The number of halogens is 2. The molecule has 2 aromatic carbocycles. The lowest BCUT2D eigenvalue weighted by atomic mass is 10.1. The maximum atomic E-state index is 12.6. The van der Waals surface area contributed by atoms with Crippen LogP contribution in [0.5, 0.6) is 5.75 Å². The lowest BCUT2D eigenvalue weighted by molar-refractivity contribution is -0.384. The molecule has 0 aliphatic rings. The number of anilines is 1. The predicted octanol–water partition coefficient (Wildman–Crippen LogP) is 4.37. The number of nitro benzene ring substituents is 1. The molecule has 0 saturated heterocycles. The second-order valence-corrected chi connectivity index (χ2v) is 6.80. The molecule has 0 heterocycles. The normalized spacial score (nSPS) is 11.9. The third-order valence-electron chi connectivity index (χ3n) is 4.13. The Morgan fingerprint density at radius 3 is 2.59 bits per heavy atom. The molecule has 9 heteroatoms. The molecule has 0 aromatic heterocycles. The van der Waals surface area contributed by atoms with Crippen LogP contribution in [0.3, 0.4) is 0 Å². The number of hydrogen-bond acceptors (Lipinski definition) is 5. The zero-order valence-corrected chi connectivity index (χ0v) is 16.5. The number of benzene rings is 2. The van der Waals surface area contributed by atoms with Gasteiger partial charge in [0.15, 0.2) is 0 Å². The molecule has 27 heavy (non-hydrogen) atoms. The molecule has 2 aromatic rings. The van der Waals surface area contributed by atoms with E-state index in [4.69, 9.17) is 27.9 Å². The number of rotatable bonds is 7. The second-order valence-electron chi connectivity index (χ2n) is 5.96. The molecule has 0 radical (unpaired) electrons. The van der Waals surface area contributed by atoms with Gasteiger partial charge in [-0.1, -0.05) is 29.3 Å². The van der Waals surface area contributed by atoms with E-state index in [9.17, 15) is 14.9 Å². The van der Waals surface area contributed by atoms with Crippen molar-refractivity contribution in [3.05, 3.63) is 62.1 Å². The van der Waals surface area contributed by atoms with Crippen LogP contribution in [0, 0.1) is 10.1 Å². The minimum Gasteiger partial charge on any atom is -0.494 e. The Labute approximate surface area is 167 Å². The Hall–Kier alpha value is -2.35. The summed E-state index contributed by atoms with van der Waals surface area (Å²) in [6, 6.07) is 8.72. The minimum atomic E-state index is -0.527. The van der Waals surface area contributed by atoms with E-state index < -0.39 is 11.0 Å². The summed E-state index contributed by atoms with van der Waals surface area (Å²) in [7, 11) is 3.18. The van der Waals surface area contributed by atoms with Gasteiger partial charge in [0, 0.05) is 22.7 Å². The van der Waals surface area contributed by atoms with E-state index in [1.54, 1.807) is 26.1 Å². The fraction of sp³-hybridized carbons (Fsp3) is 0.278. The average Bonchev–Trinajstić information content (AvgIpc) is 2.63. The Kier molecular flexibility index (Phi) is 7.01. The van der Waals surface area contributed by atoms with Crippen LogP contribution in [0.25, 0.3) is 0 Å². The van der Waals surface area contributed by atoms with Crippen molar-refractivity contribution in [1.29, 1.82) is 0 Å². The standard InChI is InChI=1S/C18H19Cl2N3O4/c1-11(22(2)10-12-4-5-13(19)8-15(12)20)18(24)21-16-7-6-14(23(25)26)9-17(16)27-3/h4-9,11H,10H2,1-3H3,(H,21,24)/t11-/m1/s1. The molecule has 0 saturated carbocycles. The number of ether oxygens (including phenoxy) is 1. The summed E-state index contributed by atoms with van der Waals surface area (Å²) in [5, 5.41) is 14.7. The van der Waals surface area contributed by atoms with Crippen molar-refractivity contribution in [2.75, 3.05) is 19.5 Å².